The molecule has 108 valence electrons. The fourth-order valence-electron chi connectivity index (χ4n) is 1.66. The van der Waals surface area contributed by atoms with Crippen molar-refractivity contribution in [2.75, 3.05) is 23.4 Å². The third-order valence-corrected chi connectivity index (χ3v) is 2.67. The molecule has 0 atom stereocenters. The van der Waals surface area contributed by atoms with E-state index < -0.39 is 0 Å². The van der Waals surface area contributed by atoms with Crippen LogP contribution in [-0.2, 0) is 7.05 Å². The number of nitrogens with two attached hydrogens (primary N) is 1. The fraction of sp³-hybridized carbons (Fsp3) is 0.455. The number of rotatable bonds is 6. The number of hydrogen-bond acceptors (Lipinski definition) is 8. The molecule has 0 aromatic carbocycles. The van der Waals surface area contributed by atoms with Crippen molar-refractivity contribution in [3.8, 4) is 11.8 Å². The van der Waals surface area contributed by atoms with Crippen molar-refractivity contribution >= 4 is 11.9 Å². The second-order valence-electron chi connectivity index (χ2n) is 4.01. The van der Waals surface area contributed by atoms with Crippen molar-refractivity contribution in [2.45, 2.75) is 13.8 Å². The number of nitrogen functional groups attached to an aromatic ring is 1. The van der Waals surface area contributed by atoms with Gasteiger partial charge in [-0.25, -0.2) is 5.84 Å². The number of aryl methyl sites for hydroxylation is 1. The molecule has 0 saturated heterocycles. The van der Waals surface area contributed by atoms with Crippen molar-refractivity contribution < 1.29 is 4.74 Å². The highest BCUT2D eigenvalue weighted by Crippen LogP contribution is 2.20. The van der Waals surface area contributed by atoms with Gasteiger partial charge in [0, 0.05) is 20.1 Å². The molecule has 0 radical (unpaired) electrons. The predicted molar refractivity (Wildman–Crippen MR) is 74.5 cm³/mol. The summed E-state index contributed by atoms with van der Waals surface area (Å²) >= 11 is 0. The molecule has 20 heavy (non-hydrogen) atoms. The monoisotopic (exact) mass is 278 g/mol. The summed E-state index contributed by atoms with van der Waals surface area (Å²) in [5.41, 5.74) is 2.41. The Balaban J connectivity index is 2.29. The van der Waals surface area contributed by atoms with Gasteiger partial charge in [-0.05, 0) is 13.8 Å². The minimum atomic E-state index is 0.169. The molecule has 0 spiro atoms. The summed E-state index contributed by atoms with van der Waals surface area (Å²) in [6.07, 6.45) is 3.30. The molecule has 0 bridgehead atoms. The minimum absolute atomic E-state index is 0.169. The van der Waals surface area contributed by atoms with Crippen molar-refractivity contribution in [1.82, 2.24) is 24.7 Å². The van der Waals surface area contributed by atoms with Gasteiger partial charge in [-0.1, -0.05) is 0 Å². The number of hydrogen-bond donors (Lipinski definition) is 2. The smallest absolute Gasteiger partial charge is 0.328 e. The molecule has 2 aromatic rings. The summed E-state index contributed by atoms with van der Waals surface area (Å²) < 4.78 is 7.18. The zero-order valence-corrected chi connectivity index (χ0v) is 11.7. The molecule has 2 heterocycles. The second-order valence-corrected chi connectivity index (χ2v) is 4.01. The van der Waals surface area contributed by atoms with Crippen LogP contribution < -0.4 is 20.9 Å². The van der Waals surface area contributed by atoms with Gasteiger partial charge in [0.15, 0.2) is 5.75 Å². The van der Waals surface area contributed by atoms with E-state index in [1.54, 1.807) is 24.1 Å². The van der Waals surface area contributed by atoms with Gasteiger partial charge in [-0.15, -0.1) is 0 Å². The number of aromatic nitrogens is 5. The topological polar surface area (TPSA) is 107 Å². The molecule has 0 aliphatic rings. The lowest BCUT2D eigenvalue weighted by Crippen LogP contribution is -2.25. The third-order valence-electron chi connectivity index (χ3n) is 2.67. The Morgan fingerprint density at radius 3 is 2.60 bits per heavy atom. The zero-order chi connectivity index (χ0) is 14.5. The first-order valence-corrected chi connectivity index (χ1v) is 6.30. The van der Waals surface area contributed by atoms with Gasteiger partial charge in [0.05, 0.1) is 12.4 Å². The second kappa shape index (κ2) is 6.15. The standard InChI is InChI=1S/C11H18N8O/c1-4-19(5-2)10-14-9(17-12)15-11(16-10)20-8-6-13-18(3)7-8/h6-7H,4-5,12H2,1-3H3,(H,14,15,16,17). The molecule has 2 rings (SSSR count). The van der Waals surface area contributed by atoms with Crippen LogP contribution >= 0.6 is 0 Å². The van der Waals surface area contributed by atoms with Gasteiger partial charge in [-0.3, -0.25) is 10.1 Å². The first kappa shape index (κ1) is 14.0. The van der Waals surface area contributed by atoms with Gasteiger partial charge < -0.3 is 9.64 Å². The van der Waals surface area contributed by atoms with Crippen molar-refractivity contribution in [3.63, 3.8) is 0 Å². The number of nitrogens with one attached hydrogen (secondary N) is 1. The van der Waals surface area contributed by atoms with Crippen molar-refractivity contribution in [1.29, 1.82) is 0 Å². The molecular weight excluding hydrogens is 260 g/mol. The highest BCUT2D eigenvalue weighted by Gasteiger charge is 2.12. The Labute approximate surface area is 116 Å². The first-order valence-electron chi connectivity index (χ1n) is 6.30. The van der Waals surface area contributed by atoms with E-state index in [2.05, 4.69) is 25.5 Å². The van der Waals surface area contributed by atoms with Gasteiger partial charge in [0.25, 0.3) is 0 Å². The zero-order valence-electron chi connectivity index (χ0n) is 11.7. The predicted octanol–water partition coefficient (Wildman–Crippen LogP) is 0.529. The maximum absolute atomic E-state index is 5.55. The molecule has 3 N–H and O–H groups in total. The third kappa shape index (κ3) is 3.12. The highest BCUT2D eigenvalue weighted by atomic mass is 16.5. The first-order chi connectivity index (χ1) is 9.66. The quantitative estimate of drug-likeness (QED) is 0.582. The Morgan fingerprint density at radius 1 is 1.30 bits per heavy atom. The molecule has 2 aromatic heterocycles. The number of hydrazine groups is 1. The number of anilines is 2. The largest absolute Gasteiger partial charge is 0.421 e. The van der Waals surface area contributed by atoms with Crippen LogP contribution in [0.5, 0.6) is 11.8 Å². The van der Waals surface area contributed by atoms with Gasteiger partial charge in [0.2, 0.25) is 11.9 Å². The lowest BCUT2D eigenvalue weighted by Gasteiger charge is -2.18. The Hall–Kier alpha value is -2.42. The van der Waals surface area contributed by atoms with Crippen molar-refractivity contribution in [3.05, 3.63) is 12.4 Å². The SMILES string of the molecule is CCN(CC)c1nc(NN)nc(Oc2cnn(C)c2)n1. The van der Waals surface area contributed by atoms with E-state index >= 15 is 0 Å². The number of nitrogens with zero attached hydrogens (tertiary/aromatic N) is 6. The molecule has 0 unspecified atom stereocenters. The number of ether oxygens (including phenoxy) is 1. The van der Waals surface area contributed by atoms with Crippen LogP contribution in [0.2, 0.25) is 0 Å². The fourth-order valence-corrected chi connectivity index (χ4v) is 1.66. The maximum Gasteiger partial charge on any atom is 0.328 e. The Kier molecular flexibility index (Phi) is 4.31. The molecule has 0 fully saturated rings. The summed E-state index contributed by atoms with van der Waals surface area (Å²) in [5.74, 6) is 6.68. The summed E-state index contributed by atoms with van der Waals surface area (Å²) in [7, 11) is 1.80. The van der Waals surface area contributed by atoms with Crippen LogP contribution in [0.4, 0.5) is 11.9 Å². The lowest BCUT2D eigenvalue weighted by molar-refractivity contribution is 0.439. The maximum atomic E-state index is 5.55. The van der Waals surface area contributed by atoms with E-state index in [1.165, 1.54) is 0 Å². The summed E-state index contributed by atoms with van der Waals surface area (Å²) in [6.45, 7) is 5.59. The lowest BCUT2D eigenvalue weighted by atomic mass is 10.5. The summed E-state index contributed by atoms with van der Waals surface area (Å²) in [6, 6.07) is 0.169. The van der Waals surface area contributed by atoms with E-state index in [1.807, 2.05) is 18.7 Å². The van der Waals surface area contributed by atoms with E-state index in [9.17, 15) is 0 Å². The van der Waals surface area contributed by atoms with Gasteiger partial charge >= 0.3 is 6.01 Å². The Bertz CT molecular complexity index is 565. The van der Waals surface area contributed by atoms with Crippen molar-refractivity contribution in [2.24, 2.45) is 12.9 Å². The van der Waals surface area contributed by atoms with E-state index in [0.717, 1.165) is 13.1 Å². The van der Waals surface area contributed by atoms with E-state index in [4.69, 9.17) is 10.6 Å². The molecular formula is C11H18N8O. The molecule has 9 nitrogen and oxygen atoms in total. The molecule has 0 aliphatic carbocycles. The molecule has 9 heteroatoms. The summed E-state index contributed by atoms with van der Waals surface area (Å²) in [5, 5.41) is 4.02. The summed E-state index contributed by atoms with van der Waals surface area (Å²) in [4.78, 5) is 14.5. The van der Waals surface area contributed by atoms with Crippen LogP contribution in [-0.4, -0.2) is 37.8 Å². The molecule has 0 aliphatic heterocycles. The van der Waals surface area contributed by atoms with Crippen LogP contribution in [0.25, 0.3) is 0 Å². The molecule has 0 saturated carbocycles. The van der Waals surface area contributed by atoms with Crippen LogP contribution in [0.1, 0.15) is 13.8 Å². The molecule has 0 amide bonds. The Morgan fingerprint density at radius 2 is 2.05 bits per heavy atom. The van der Waals surface area contributed by atoms with Gasteiger partial charge in [-0.2, -0.15) is 20.1 Å². The average molecular weight is 278 g/mol. The normalized spacial score (nSPS) is 10.4. The van der Waals surface area contributed by atoms with Crippen LogP contribution in [0.3, 0.4) is 0 Å². The highest BCUT2D eigenvalue weighted by molar-refractivity contribution is 5.38. The van der Waals surface area contributed by atoms with E-state index in [0.29, 0.717) is 11.7 Å². The van der Waals surface area contributed by atoms with E-state index in [-0.39, 0.29) is 12.0 Å². The minimum Gasteiger partial charge on any atom is -0.421 e. The van der Waals surface area contributed by atoms with Crippen LogP contribution in [0, 0.1) is 0 Å². The van der Waals surface area contributed by atoms with Gasteiger partial charge in [0.1, 0.15) is 0 Å². The van der Waals surface area contributed by atoms with Crippen LogP contribution in [0.15, 0.2) is 12.4 Å². The average Bonchev–Trinajstić information content (AvgIpc) is 2.85.